The van der Waals surface area contributed by atoms with Crippen molar-refractivity contribution in [1.29, 1.82) is 0 Å². The molecule has 1 fully saturated rings. The van der Waals surface area contributed by atoms with Gasteiger partial charge in [0.1, 0.15) is 11.6 Å². The quantitative estimate of drug-likeness (QED) is 0.847. The van der Waals surface area contributed by atoms with Crippen molar-refractivity contribution >= 4 is 11.9 Å². The fraction of sp³-hybridized carbons (Fsp3) is 0.267. The van der Waals surface area contributed by atoms with E-state index in [0.29, 0.717) is 5.75 Å². The molecule has 2 aromatic rings. The number of hydrogen-bond donors (Lipinski definition) is 2. The molecule has 9 nitrogen and oxygen atoms in total. The predicted octanol–water partition coefficient (Wildman–Crippen LogP) is 0.718. The van der Waals surface area contributed by atoms with Gasteiger partial charge in [-0.25, -0.2) is 9.59 Å². The Hall–Kier alpha value is -2.75. The standard InChI is InChI=1S/C15H15N3O6/c19-8-13-22-9-12(24-13)18-7-6-11(16-14(18)20)17-15(21)23-10-4-2-1-3-5-10/h1-7,12-13,19H,8-9H2,(H,16,17,20,21). The summed E-state index contributed by atoms with van der Waals surface area (Å²) in [7, 11) is 0. The van der Waals surface area contributed by atoms with Crippen LogP contribution in [-0.2, 0) is 9.47 Å². The minimum atomic E-state index is -0.763. The number of aromatic nitrogens is 2. The number of nitrogens with zero attached hydrogens (tertiary/aromatic N) is 2. The topological polar surface area (TPSA) is 112 Å². The van der Waals surface area contributed by atoms with E-state index in [1.165, 1.54) is 16.8 Å². The van der Waals surface area contributed by atoms with Gasteiger partial charge in [-0.15, -0.1) is 0 Å². The van der Waals surface area contributed by atoms with E-state index < -0.39 is 24.3 Å². The third-order valence-electron chi connectivity index (χ3n) is 3.21. The molecule has 2 heterocycles. The van der Waals surface area contributed by atoms with Crippen LogP contribution in [0.3, 0.4) is 0 Å². The van der Waals surface area contributed by atoms with Gasteiger partial charge in [0.05, 0.1) is 13.2 Å². The molecule has 1 aliphatic rings. The highest BCUT2D eigenvalue weighted by atomic mass is 16.7. The molecule has 2 N–H and O–H groups in total. The number of nitrogens with one attached hydrogen (secondary N) is 1. The minimum absolute atomic E-state index is 0.0507. The van der Waals surface area contributed by atoms with Crippen LogP contribution < -0.4 is 15.7 Å². The van der Waals surface area contributed by atoms with Crippen LogP contribution in [0.4, 0.5) is 10.6 Å². The molecular weight excluding hydrogens is 318 g/mol. The molecule has 2 atom stereocenters. The first-order valence-corrected chi connectivity index (χ1v) is 7.16. The van der Waals surface area contributed by atoms with Crippen molar-refractivity contribution in [2.45, 2.75) is 12.5 Å². The third-order valence-corrected chi connectivity index (χ3v) is 3.21. The normalized spacial score (nSPS) is 19.9. The second-order valence-electron chi connectivity index (χ2n) is 4.87. The molecule has 24 heavy (non-hydrogen) atoms. The number of aliphatic hydroxyl groups excluding tert-OH is 1. The van der Waals surface area contributed by atoms with Gasteiger partial charge in [0.2, 0.25) is 0 Å². The predicted molar refractivity (Wildman–Crippen MR) is 81.5 cm³/mol. The largest absolute Gasteiger partial charge is 0.418 e. The first-order chi connectivity index (χ1) is 11.7. The molecule has 0 bridgehead atoms. The Balaban J connectivity index is 1.64. The van der Waals surface area contributed by atoms with Crippen molar-refractivity contribution in [3.8, 4) is 5.75 Å². The number of aliphatic hydroxyl groups is 1. The van der Waals surface area contributed by atoms with Gasteiger partial charge in [-0.05, 0) is 18.2 Å². The number of anilines is 1. The number of ether oxygens (including phenoxy) is 3. The second-order valence-corrected chi connectivity index (χ2v) is 4.87. The van der Waals surface area contributed by atoms with Crippen LogP contribution >= 0.6 is 0 Å². The summed E-state index contributed by atoms with van der Waals surface area (Å²) in [5.74, 6) is 0.421. The van der Waals surface area contributed by atoms with Gasteiger partial charge in [-0.1, -0.05) is 18.2 Å². The fourth-order valence-electron chi connectivity index (χ4n) is 2.11. The lowest BCUT2D eigenvalue weighted by Crippen LogP contribution is -2.29. The molecule has 2 unspecified atom stereocenters. The van der Waals surface area contributed by atoms with Crippen LogP contribution in [0.5, 0.6) is 5.75 Å². The van der Waals surface area contributed by atoms with Crippen molar-refractivity contribution in [1.82, 2.24) is 9.55 Å². The van der Waals surface area contributed by atoms with E-state index in [0.717, 1.165) is 0 Å². The van der Waals surface area contributed by atoms with Crippen LogP contribution in [0.25, 0.3) is 0 Å². The summed E-state index contributed by atoms with van der Waals surface area (Å²) >= 11 is 0. The molecule has 0 spiro atoms. The van der Waals surface area contributed by atoms with Gasteiger partial charge < -0.3 is 19.3 Å². The zero-order valence-corrected chi connectivity index (χ0v) is 12.5. The molecule has 1 saturated heterocycles. The first kappa shape index (κ1) is 16.1. The van der Waals surface area contributed by atoms with Crippen LogP contribution in [-0.4, -0.2) is 40.3 Å². The van der Waals surface area contributed by atoms with Gasteiger partial charge in [-0.3, -0.25) is 9.88 Å². The second kappa shape index (κ2) is 7.21. The Kier molecular flexibility index (Phi) is 4.85. The molecule has 0 aliphatic carbocycles. The molecule has 3 rings (SSSR count). The minimum Gasteiger partial charge on any atom is -0.410 e. The van der Waals surface area contributed by atoms with Crippen molar-refractivity contribution in [3.63, 3.8) is 0 Å². The monoisotopic (exact) mass is 333 g/mol. The summed E-state index contributed by atoms with van der Waals surface area (Å²) in [6.45, 7) is -0.181. The van der Waals surface area contributed by atoms with Crippen LogP contribution in [0.1, 0.15) is 6.23 Å². The summed E-state index contributed by atoms with van der Waals surface area (Å²) in [6, 6.07) is 9.93. The summed E-state index contributed by atoms with van der Waals surface area (Å²) in [5.41, 5.74) is -0.625. The summed E-state index contributed by atoms with van der Waals surface area (Å²) in [6.07, 6.45) is -0.777. The van der Waals surface area contributed by atoms with E-state index in [1.807, 2.05) is 0 Å². The van der Waals surface area contributed by atoms with Gasteiger partial charge in [0, 0.05) is 6.20 Å². The Bertz CT molecular complexity index is 763. The number of benzene rings is 1. The molecule has 1 aromatic heterocycles. The number of para-hydroxylation sites is 1. The molecule has 1 amide bonds. The third kappa shape index (κ3) is 3.77. The van der Waals surface area contributed by atoms with E-state index in [2.05, 4.69) is 10.3 Å². The Labute approximate surface area is 136 Å². The number of carbonyl (C=O) groups excluding carboxylic acids is 1. The van der Waals surface area contributed by atoms with Crippen molar-refractivity contribution in [3.05, 3.63) is 53.1 Å². The van der Waals surface area contributed by atoms with Crippen molar-refractivity contribution < 1.29 is 24.1 Å². The Morgan fingerprint density at radius 2 is 2.17 bits per heavy atom. The highest BCUT2D eigenvalue weighted by molar-refractivity contribution is 5.84. The lowest BCUT2D eigenvalue weighted by molar-refractivity contribution is -0.0992. The molecule has 0 radical (unpaired) electrons. The van der Waals surface area contributed by atoms with E-state index >= 15 is 0 Å². The lowest BCUT2D eigenvalue weighted by atomic mass is 10.3. The average Bonchev–Trinajstić information content (AvgIpc) is 3.04. The molecule has 126 valence electrons. The van der Waals surface area contributed by atoms with Gasteiger partial charge in [-0.2, -0.15) is 4.98 Å². The number of carbonyl (C=O) groups is 1. The van der Waals surface area contributed by atoms with E-state index in [4.69, 9.17) is 19.3 Å². The van der Waals surface area contributed by atoms with Gasteiger partial charge in [0.25, 0.3) is 0 Å². The zero-order valence-electron chi connectivity index (χ0n) is 12.5. The molecule has 0 saturated carbocycles. The smallest absolute Gasteiger partial charge is 0.410 e. The number of hydrogen-bond acceptors (Lipinski definition) is 7. The summed E-state index contributed by atoms with van der Waals surface area (Å²) in [5, 5.41) is 11.3. The zero-order chi connectivity index (χ0) is 16.9. The maximum absolute atomic E-state index is 12.0. The number of amides is 1. The van der Waals surface area contributed by atoms with E-state index in [-0.39, 0.29) is 19.0 Å². The Morgan fingerprint density at radius 1 is 1.38 bits per heavy atom. The van der Waals surface area contributed by atoms with Crippen LogP contribution in [0.2, 0.25) is 0 Å². The van der Waals surface area contributed by atoms with Crippen LogP contribution in [0.15, 0.2) is 47.4 Å². The highest BCUT2D eigenvalue weighted by Gasteiger charge is 2.27. The SMILES string of the molecule is O=C(Nc1ccn(C2COC(CO)O2)c(=O)n1)Oc1ccccc1. The van der Waals surface area contributed by atoms with Crippen LogP contribution in [0, 0.1) is 0 Å². The number of rotatable bonds is 4. The summed E-state index contributed by atoms with van der Waals surface area (Å²) in [4.78, 5) is 27.5. The summed E-state index contributed by atoms with van der Waals surface area (Å²) < 4.78 is 16.7. The molecule has 9 heteroatoms. The highest BCUT2D eigenvalue weighted by Crippen LogP contribution is 2.19. The first-order valence-electron chi connectivity index (χ1n) is 7.16. The van der Waals surface area contributed by atoms with Crippen molar-refractivity contribution in [2.75, 3.05) is 18.5 Å². The van der Waals surface area contributed by atoms with Gasteiger partial charge in [0.15, 0.2) is 12.5 Å². The van der Waals surface area contributed by atoms with E-state index in [1.54, 1.807) is 30.3 Å². The molecule has 1 aromatic carbocycles. The molecule has 1 aliphatic heterocycles. The van der Waals surface area contributed by atoms with Crippen molar-refractivity contribution in [2.24, 2.45) is 0 Å². The van der Waals surface area contributed by atoms with Gasteiger partial charge >= 0.3 is 11.8 Å². The maximum atomic E-state index is 12.0. The Morgan fingerprint density at radius 3 is 2.83 bits per heavy atom. The fourth-order valence-corrected chi connectivity index (χ4v) is 2.11. The average molecular weight is 333 g/mol. The van der Waals surface area contributed by atoms with E-state index in [9.17, 15) is 9.59 Å². The molecular formula is C15H15N3O6. The lowest BCUT2D eigenvalue weighted by Gasteiger charge is -2.12. The maximum Gasteiger partial charge on any atom is 0.418 e.